The average Bonchev–Trinajstić information content (AvgIpc) is 2.33. The number of carboxylic acid groups (broad SMARTS) is 1. The SMILES string of the molecule is CC(C)C[C@@H]1CN(CCC(=O)O)CCN1C(=O)OC(C)(C)C. The third-order valence-electron chi connectivity index (χ3n) is 3.58. The van der Waals surface area contributed by atoms with Crippen LogP contribution in [0.1, 0.15) is 47.5 Å². The Morgan fingerprint density at radius 3 is 2.41 bits per heavy atom. The summed E-state index contributed by atoms with van der Waals surface area (Å²) < 4.78 is 5.50. The largest absolute Gasteiger partial charge is 0.481 e. The topological polar surface area (TPSA) is 70.1 Å². The lowest BCUT2D eigenvalue weighted by molar-refractivity contribution is -0.137. The average molecular weight is 314 g/mol. The summed E-state index contributed by atoms with van der Waals surface area (Å²) in [5.74, 6) is -0.315. The van der Waals surface area contributed by atoms with Gasteiger partial charge in [0.25, 0.3) is 0 Å². The van der Waals surface area contributed by atoms with Gasteiger partial charge < -0.3 is 14.7 Å². The number of carbonyl (C=O) groups is 2. The Morgan fingerprint density at radius 2 is 1.91 bits per heavy atom. The first-order valence-corrected chi connectivity index (χ1v) is 8.02. The van der Waals surface area contributed by atoms with Crippen molar-refractivity contribution in [1.29, 1.82) is 0 Å². The highest BCUT2D eigenvalue weighted by Crippen LogP contribution is 2.20. The summed E-state index contributed by atoms with van der Waals surface area (Å²) in [5.41, 5.74) is -0.500. The molecule has 6 nitrogen and oxygen atoms in total. The van der Waals surface area contributed by atoms with E-state index >= 15 is 0 Å². The first-order valence-electron chi connectivity index (χ1n) is 8.02. The number of piperazine rings is 1. The van der Waals surface area contributed by atoms with Crippen LogP contribution in [0.4, 0.5) is 4.79 Å². The zero-order valence-electron chi connectivity index (χ0n) is 14.5. The first kappa shape index (κ1) is 18.7. The molecule has 0 aromatic heterocycles. The monoisotopic (exact) mass is 314 g/mol. The van der Waals surface area contributed by atoms with Crippen molar-refractivity contribution in [1.82, 2.24) is 9.80 Å². The second kappa shape index (κ2) is 7.81. The molecule has 128 valence electrons. The Morgan fingerprint density at radius 1 is 1.27 bits per heavy atom. The lowest BCUT2D eigenvalue weighted by atomic mass is 10.00. The molecule has 0 radical (unpaired) electrons. The Kier molecular flexibility index (Phi) is 6.66. The number of nitrogens with zero attached hydrogens (tertiary/aromatic N) is 2. The van der Waals surface area contributed by atoms with Crippen molar-refractivity contribution in [3.63, 3.8) is 0 Å². The number of aliphatic carboxylic acids is 1. The molecule has 1 aliphatic heterocycles. The molecular weight excluding hydrogens is 284 g/mol. The van der Waals surface area contributed by atoms with Crippen LogP contribution >= 0.6 is 0 Å². The van der Waals surface area contributed by atoms with E-state index in [2.05, 4.69) is 18.7 Å². The predicted octanol–water partition coefficient (Wildman–Crippen LogP) is 2.43. The summed E-state index contributed by atoms with van der Waals surface area (Å²) in [6.07, 6.45) is 0.764. The van der Waals surface area contributed by atoms with E-state index in [0.717, 1.165) is 6.42 Å². The van der Waals surface area contributed by atoms with Crippen LogP contribution in [0, 0.1) is 5.92 Å². The zero-order valence-corrected chi connectivity index (χ0v) is 14.5. The van der Waals surface area contributed by atoms with Crippen molar-refractivity contribution in [2.45, 2.75) is 59.1 Å². The molecule has 6 heteroatoms. The van der Waals surface area contributed by atoms with Crippen LogP contribution in [0.5, 0.6) is 0 Å². The molecule has 1 atom stereocenters. The zero-order chi connectivity index (χ0) is 16.9. The third kappa shape index (κ3) is 6.64. The van der Waals surface area contributed by atoms with E-state index in [1.165, 1.54) is 0 Å². The number of amides is 1. The maximum absolute atomic E-state index is 12.4. The van der Waals surface area contributed by atoms with E-state index in [9.17, 15) is 9.59 Å². The molecule has 1 rings (SSSR count). The normalized spacial score (nSPS) is 20.3. The van der Waals surface area contributed by atoms with E-state index in [1.807, 2.05) is 25.7 Å². The van der Waals surface area contributed by atoms with Crippen LogP contribution in [0.2, 0.25) is 0 Å². The molecular formula is C16H30N2O4. The summed E-state index contributed by atoms with van der Waals surface area (Å²) >= 11 is 0. The molecule has 1 N–H and O–H groups in total. The van der Waals surface area contributed by atoms with E-state index in [1.54, 1.807) is 0 Å². The standard InChI is InChI=1S/C16H30N2O4/c1-12(2)10-13-11-17(7-6-14(19)20)8-9-18(13)15(21)22-16(3,4)5/h12-13H,6-11H2,1-5H3,(H,19,20)/t13-/m1/s1. The minimum absolute atomic E-state index is 0.0809. The van der Waals surface area contributed by atoms with E-state index in [0.29, 0.717) is 32.1 Å². The van der Waals surface area contributed by atoms with E-state index in [-0.39, 0.29) is 18.6 Å². The molecule has 0 saturated carbocycles. The summed E-state index contributed by atoms with van der Waals surface area (Å²) in [6.45, 7) is 12.4. The van der Waals surface area contributed by atoms with Gasteiger partial charge in [0.2, 0.25) is 0 Å². The highest BCUT2D eigenvalue weighted by atomic mass is 16.6. The first-order chi connectivity index (χ1) is 10.1. The van der Waals surface area contributed by atoms with Gasteiger partial charge in [-0.05, 0) is 33.1 Å². The maximum Gasteiger partial charge on any atom is 0.410 e. The highest BCUT2D eigenvalue weighted by molar-refractivity contribution is 5.69. The maximum atomic E-state index is 12.4. The fraction of sp³-hybridized carbons (Fsp3) is 0.875. The Hall–Kier alpha value is -1.30. The van der Waals surface area contributed by atoms with Crippen molar-refractivity contribution >= 4 is 12.1 Å². The quantitative estimate of drug-likeness (QED) is 0.844. The van der Waals surface area contributed by atoms with Crippen LogP contribution in [-0.4, -0.2) is 64.8 Å². The fourth-order valence-electron chi connectivity index (χ4n) is 2.68. The fourth-order valence-corrected chi connectivity index (χ4v) is 2.68. The molecule has 1 amide bonds. The third-order valence-corrected chi connectivity index (χ3v) is 3.58. The molecule has 0 aromatic rings. The minimum atomic E-state index is -0.782. The number of carboxylic acids is 1. The van der Waals surface area contributed by atoms with Crippen LogP contribution in [0.15, 0.2) is 0 Å². The molecule has 0 aromatic carbocycles. The summed E-state index contributed by atoms with van der Waals surface area (Å²) in [7, 11) is 0. The van der Waals surface area contributed by atoms with Gasteiger partial charge in [-0.15, -0.1) is 0 Å². The van der Waals surface area contributed by atoms with E-state index < -0.39 is 11.6 Å². The molecule has 0 spiro atoms. The molecule has 1 fully saturated rings. The lowest BCUT2D eigenvalue weighted by Gasteiger charge is -2.42. The van der Waals surface area contributed by atoms with Gasteiger partial charge in [-0.25, -0.2) is 4.79 Å². The molecule has 1 saturated heterocycles. The number of hydrogen-bond donors (Lipinski definition) is 1. The molecule has 0 bridgehead atoms. The van der Waals surface area contributed by atoms with Gasteiger partial charge in [-0.3, -0.25) is 9.69 Å². The van der Waals surface area contributed by atoms with Crippen molar-refractivity contribution in [2.75, 3.05) is 26.2 Å². The van der Waals surface area contributed by atoms with Gasteiger partial charge in [0.05, 0.1) is 6.42 Å². The van der Waals surface area contributed by atoms with Crippen LogP contribution in [0.3, 0.4) is 0 Å². The number of hydrogen-bond acceptors (Lipinski definition) is 4. The molecule has 0 aliphatic carbocycles. The van der Waals surface area contributed by atoms with Gasteiger partial charge in [0.1, 0.15) is 5.60 Å². The molecule has 1 aliphatic rings. The number of carbonyl (C=O) groups excluding carboxylic acids is 1. The van der Waals surface area contributed by atoms with Crippen molar-refractivity contribution in [2.24, 2.45) is 5.92 Å². The van der Waals surface area contributed by atoms with Crippen LogP contribution in [0.25, 0.3) is 0 Å². The predicted molar refractivity (Wildman–Crippen MR) is 84.9 cm³/mol. The molecule has 0 unspecified atom stereocenters. The minimum Gasteiger partial charge on any atom is -0.481 e. The van der Waals surface area contributed by atoms with Gasteiger partial charge >= 0.3 is 12.1 Å². The Balaban J connectivity index is 2.68. The Bertz CT molecular complexity index is 390. The van der Waals surface area contributed by atoms with Crippen LogP contribution in [-0.2, 0) is 9.53 Å². The van der Waals surface area contributed by atoms with Crippen molar-refractivity contribution in [3.05, 3.63) is 0 Å². The summed E-state index contributed by atoms with van der Waals surface area (Å²) in [4.78, 5) is 27.0. The van der Waals surface area contributed by atoms with Gasteiger partial charge in [-0.1, -0.05) is 13.8 Å². The number of rotatable bonds is 5. The second-order valence-corrected chi connectivity index (χ2v) is 7.40. The Labute approximate surface area is 133 Å². The van der Waals surface area contributed by atoms with Crippen LogP contribution < -0.4 is 0 Å². The lowest BCUT2D eigenvalue weighted by Crippen LogP contribution is -2.56. The molecule has 22 heavy (non-hydrogen) atoms. The van der Waals surface area contributed by atoms with Gasteiger partial charge in [0.15, 0.2) is 0 Å². The summed E-state index contributed by atoms with van der Waals surface area (Å²) in [5, 5.41) is 8.81. The highest BCUT2D eigenvalue weighted by Gasteiger charge is 2.33. The van der Waals surface area contributed by atoms with Crippen molar-refractivity contribution < 1.29 is 19.4 Å². The van der Waals surface area contributed by atoms with Gasteiger partial charge in [0, 0.05) is 32.2 Å². The number of ether oxygens (including phenoxy) is 1. The molecule has 1 heterocycles. The van der Waals surface area contributed by atoms with Gasteiger partial charge in [-0.2, -0.15) is 0 Å². The van der Waals surface area contributed by atoms with E-state index in [4.69, 9.17) is 9.84 Å². The second-order valence-electron chi connectivity index (χ2n) is 7.40. The van der Waals surface area contributed by atoms with Crippen molar-refractivity contribution in [3.8, 4) is 0 Å². The smallest absolute Gasteiger partial charge is 0.410 e. The summed E-state index contributed by atoms with van der Waals surface area (Å²) in [6, 6.07) is 0.0809.